The van der Waals surface area contributed by atoms with Crippen LogP contribution in [0.5, 0.6) is 0 Å². The van der Waals surface area contributed by atoms with E-state index in [2.05, 4.69) is 0 Å². The van der Waals surface area contributed by atoms with E-state index >= 15 is 0 Å². The van der Waals surface area contributed by atoms with E-state index in [1.165, 1.54) is 6.07 Å². The van der Waals surface area contributed by atoms with Gasteiger partial charge in [0, 0.05) is 13.1 Å². The molecular weight excluding hydrogens is 513 g/mol. The monoisotopic (exact) mass is 526 g/mol. The van der Waals surface area contributed by atoms with Crippen LogP contribution in [0.3, 0.4) is 0 Å². The van der Waals surface area contributed by atoms with Crippen LogP contribution in [0.1, 0.15) is 5.56 Å². The normalized spacial score (nSPS) is 22.1. The van der Waals surface area contributed by atoms with E-state index in [1.54, 1.807) is 0 Å². The summed E-state index contributed by atoms with van der Waals surface area (Å²) in [5.41, 5.74) is -2.88. The van der Waals surface area contributed by atoms with E-state index in [0.29, 0.717) is 16.4 Å². The number of nitrogens with zero attached hydrogens (tertiary/aromatic N) is 2. The molecule has 2 aromatic carbocycles. The topological polar surface area (TPSA) is 136 Å². The Labute approximate surface area is 192 Å². The quantitative estimate of drug-likeness (QED) is 0.566. The van der Waals surface area contributed by atoms with Crippen LogP contribution >= 0.6 is 23.2 Å². The molecule has 0 radical (unpaired) electrons. The lowest BCUT2D eigenvalue weighted by molar-refractivity contribution is 0.00159. The maximum atomic E-state index is 14.0. The standard InChI is InChI=1S/C18H14Cl2F2N2O6S2/c19-12-4-13(20)16(5-15(12)22)32(29,30)24-7-17(18(26,8-24)9-25)31(27,28)11-2-1-10(6-23)14(21)3-11/h1-5,17,25-26H,7-9H2/t17-,18+/m0/s1. The minimum atomic E-state index is -4.63. The zero-order valence-electron chi connectivity index (χ0n) is 15.8. The van der Waals surface area contributed by atoms with Crippen molar-refractivity contribution >= 4 is 43.1 Å². The summed E-state index contributed by atoms with van der Waals surface area (Å²) >= 11 is 11.5. The van der Waals surface area contributed by atoms with Crippen molar-refractivity contribution in [1.29, 1.82) is 5.26 Å². The summed E-state index contributed by atoms with van der Waals surface area (Å²) in [5.74, 6) is -2.23. The molecule has 1 heterocycles. The third-order valence-corrected chi connectivity index (χ3v) is 9.86. The van der Waals surface area contributed by atoms with Crippen molar-refractivity contribution in [3.8, 4) is 6.07 Å². The second-order valence-electron chi connectivity index (χ2n) is 7.04. The number of aliphatic hydroxyl groups excluding tert-OH is 1. The van der Waals surface area contributed by atoms with E-state index in [4.69, 9.17) is 28.5 Å². The second-order valence-corrected chi connectivity index (χ2v) is 11.9. The Balaban J connectivity index is 2.06. The summed E-state index contributed by atoms with van der Waals surface area (Å²) in [6, 6.07) is 5.34. The lowest BCUT2D eigenvalue weighted by atomic mass is 10.1. The van der Waals surface area contributed by atoms with Crippen LogP contribution in [0.25, 0.3) is 0 Å². The molecule has 32 heavy (non-hydrogen) atoms. The van der Waals surface area contributed by atoms with Crippen molar-refractivity contribution in [3.63, 3.8) is 0 Å². The minimum Gasteiger partial charge on any atom is -0.393 e. The number of nitriles is 1. The van der Waals surface area contributed by atoms with Gasteiger partial charge in [-0.3, -0.25) is 0 Å². The summed E-state index contributed by atoms with van der Waals surface area (Å²) in [6.45, 7) is -2.86. The van der Waals surface area contributed by atoms with Crippen LogP contribution in [0, 0.1) is 23.0 Å². The fourth-order valence-electron chi connectivity index (χ4n) is 3.32. The zero-order valence-corrected chi connectivity index (χ0v) is 19.0. The van der Waals surface area contributed by atoms with Gasteiger partial charge >= 0.3 is 0 Å². The molecule has 14 heteroatoms. The fourth-order valence-corrected chi connectivity index (χ4v) is 7.62. The van der Waals surface area contributed by atoms with Gasteiger partial charge in [-0.05, 0) is 30.3 Å². The number of sulfonamides is 1. The molecule has 0 amide bonds. The van der Waals surface area contributed by atoms with Gasteiger partial charge in [-0.15, -0.1) is 0 Å². The van der Waals surface area contributed by atoms with Crippen LogP contribution in [-0.2, 0) is 19.9 Å². The number of halogens is 4. The summed E-state index contributed by atoms with van der Waals surface area (Å²) in [4.78, 5) is -1.34. The first-order valence-corrected chi connectivity index (χ1v) is 12.4. The van der Waals surface area contributed by atoms with Crippen LogP contribution in [0.2, 0.25) is 10.0 Å². The first-order valence-electron chi connectivity index (χ1n) is 8.69. The molecule has 2 atom stereocenters. The van der Waals surface area contributed by atoms with Crippen LogP contribution < -0.4 is 0 Å². The Morgan fingerprint density at radius 2 is 1.78 bits per heavy atom. The third-order valence-electron chi connectivity index (χ3n) is 5.05. The van der Waals surface area contributed by atoms with Gasteiger partial charge in [0.05, 0.1) is 27.1 Å². The van der Waals surface area contributed by atoms with Gasteiger partial charge in [-0.2, -0.15) is 9.57 Å². The molecule has 0 unspecified atom stereocenters. The Morgan fingerprint density at radius 1 is 1.12 bits per heavy atom. The van der Waals surface area contributed by atoms with Crippen molar-refractivity contribution in [2.45, 2.75) is 20.6 Å². The first-order chi connectivity index (χ1) is 14.8. The fraction of sp³-hybridized carbons (Fsp3) is 0.278. The molecule has 172 valence electrons. The number of β-amino-alcohol motifs (C(OH)–C–C–N with tert-alkyl or cyclic N) is 1. The first kappa shape index (κ1) is 24.8. The molecule has 1 aliphatic rings. The average Bonchev–Trinajstić information content (AvgIpc) is 3.10. The maximum Gasteiger partial charge on any atom is 0.244 e. The lowest BCUT2D eigenvalue weighted by Crippen LogP contribution is -2.49. The van der Waals surface area contributed by atoms with Crippen molar-refractivity contribution in [2.24, 2.45) is 0 Å². The molecule has 2 aromatic rings. The number of hydrogen-bond donors (Lipinski definition) is 2. The molecule has 1 fully saturated rings. The Hall–Kier alpha value is -1.85. The number of sulfone groups is 1. The summed E-state index contributed by atoms with van der Waals surface area (Å²) in [5, 5.41) is 26.5. The van der Waals surface area contributed by atoms with Crippen molar-refractivity contribution in [1.82, 2.24) is 4.31 Å². The van der Waals surface area contributed by atoms with E-state index in [0.717, 1.165) is 18.2 Å². The third kappa shape index (κ3) is 4.10. The highest BCUT2D eigenvalue weighted by Gasteiger charge is 2.55. The number of aliphatic hydroxyl groups is 2. The largest absolute Gasteiger partial charge is 0.393 e. The molecule has 0 aliphatic carbocycles. The molecule has 0 spiro atoms. The second kappa shape index (κ2) is 8.49. The predicted octanol–water partition coefficient (Wildman–Crippen LogP) is 1.71. The van der Waals surface area contributed by atoms with Gasteiger partial charge in [0.25, 0.3) is 0 Å². The number of hydrogen-bond acceptors (Lipinski definition) is 7. The van der Waals surface area contributed by atoms with Crippen LogP contribution in [0.4, 0.5) is 8.78 Å². The van der Waals surface area contributed by atoms with E-state index in [9.17, 15) is 35.8 Å². The lowest BCUT2D eigenvalue weighted by Gasteiger charge is -2.26. The highest BCUT2D eigenvalue weighted by Crippen LogP contribution is 2.37. The summed E-state index contributed by atoms with van der Waals surface area (Å²) in [7, 11) is -9.23. The molecule has 1 aliphatic heterocycles. The zero-order chi connectivity index (χ0) is 24.1. The summed E-state index contributed by atoms with van der Waals surface area (Å²) in [6.07, 6.45) is 0. The SMILES string of the molecule is N#Cc1ccc(S(=O)(=O)[C@H]2CN(S(=O)(=O)c3cc(F)c(Cl)cc3Cl)C[C@@]2(O)CO)cc1F. The molecule has 0 aromatic heterocycles. The summed E-state index contributed by atoms with van der Waals surface area (Å²) < 4.78 is 80.6. The van der Waals surface area contributed by atoms with Crippen molar-refractivity contribution < 1.29 is 35.8 Å². The molecule has 2 N–H and O–H groups in total. The molecule has 8 nitrogen and oxygen atoms in total. The highest BCUT2D eigenvalue weighted by atomic mass is 35.5. The number of benzene rings is 2. The molecular formula is C18H14Cl2F2N2O6S2. The Morgan fingerprint density at radius 3 is 2.34 bits per heavy atom. The average molecular weight is 527 g/mol. The predicted molar refractivity (Wildman–Crippen MR) is 109 cm³/mol. The highest BCUT2D eigenvalue weighted by molar-refractivity contribution is 7.92. The van der Waals surface area contributed by atoms with Crippen LogP contribution in [-0.4, -0.2) is 61.9 Å². The van der Waals surface area contributed by atoms with Gasteiger partial charge < -0.3 is 10.2 Å². The van der Waals surface area contributed by atoms with Gasteiger partial charge in [0.2, 0.25) is 10.0 Å². The molecule has 1 saturated heterocycles. The molecule has 0 bridgehead atoms. The van der Waals surface area contributed by atoms with Crippen molar-refractivity contribution in [2.75, 3.05) is 19.7 Å². The van der Waals surface area contributed by atoms with E-state index in [1.807, 2.05) is 0 Å². The molecule has 0 saturated carbocycles. The maximum absolute atomic E-state index is 14.0. The number of rotatable bonds is 5. The van der Waals surface area contributed by atoms with Gasteiger partial charge in [-0.25, -0.2) is 25.6 Å². The van der Waals surface area contributed by atoms with E-state index in [-0.39, 0.29) is 0 Å². The minimum absolute atomic E-state index is 0.420. The molecule has 3 rings (SSSR count). The Kier molecular flexibility index (Phi) is 6.58. The van der Waals surface area contributed by atoms with E-state index < -0.39 is 87.4 Å². The van der Waals surface area contributed by atoms with Gasteiger partial charge in [-0.1, -0.05) is 23.2 Å². The Bertz CT molecular complexity index is 1350. The smallest absolute Gasteiger partial charge is 0.244 e. The van der Waals surface area contributed by atoms with Gasteiger partial charge in [0.1, 0.15) is 33.5 Å². The van der Waals surface area contributed by atoms with Crippen LogP contribution in [0.15, 0.2) is 40.1 Å². The van der Waals surface area contributed by atoms with Gasteiger partial charge in [0.15, 0.2) is 9.84 Å². The van der Waals surface area contributed by atoms with Crippen molar-refractivity contribution in [3.05, 3.63) is 57.6 Å².